The number of rotatable bonds is 3. The molecule has 0 N–H and O–H groups in total. The fourth-order valence-corrected chi connectivity index (χ4v) is 3.28. The first-order chi connectivity index (χ1) is 11.7. The molecule has 0 spiro atoms. The van der Waals surface area contributed by atoms with Crippen molar-refractivity contribution in [3.8, 4) is 6.07 Å². The first-order valence-electron chi connectivity index (χ1n) is 8.35. The maximum absolute atomic E-state index is 12.8. The van der Waals surface area contributed by atoms with E-state index in [-0.39, 0.29) is 11.8 Å². The number of piperidine rings is 1. The van der Waals surface area contributed by atoms with Gasteiger partial charge in [-0.25, -0.2) is 0 Å². The van der Waals surface area contributed by atoms with Gasteiger partial charge in [0.1, 0.15) is 11.8 Å². The smallest absolute Gasteiger partial charge is 0.270 e. The first-order valence-corrected chi connectivity index (χ1v) is 8.35. The number of hydrogen-bond donors (Lipinski definition) is 0. The molecule has 1 atom stereocenters. The lowest BCUT2D eigenvalue weighted by Crippen LogP contribution is -2.40. The maximum atomic E-state index is 12.8. The molecular weight excluding hydrogens is 306 g/mol. The minimum absolute atomic E-state index is 0.0467. The molecule has 1 aliphatic carbocycles. The van der Waals surface area contributed by atoms with Gasteiger partial charge >= 0.3 is 0 Å². The Hall–Kier alpha value is -2.62. The van der Waals surface area contributed by atoms with Gasteiger partial charge in [-0.2, -0.15) is 10.2 Å². The molecule has 1 saturated carbocycles. The predicted octanol–water partition coefficient (Wildman–Crippen LogP) is 2.18. The fraction of sp³-hybridized carbons (Fsp3) is 0.529. The Labute approximate surface area is 139 Å². The number of carbonyl (C=O) groups excluding carboxylic acids is 1. The van der Waals surface area contributed by atoms with E-state index in [1.165, 1.54) is 0 Å². The Balaban J connectivity index is 1.50. The van der Waals surface area contributed by atoms with Crippen molar-refractivity contribution in [1.29, 1.82) is 5.26 Å². The highest BCUT2D eigenvalue weighted by Crippen LogP contribution is 2.39. The molecule has 1 saturated heterocycles. The van der Waals surface area contributed by atoms with Gasteiger partial charge in [0.05, 0.1) is 5.56 Å². The molecule has 124 valence electrons. The highest BCUT2D eigenvalue weighted by Gasteiger charge is 2.33. The van der Waals surface area contributed by atoms with Gasteiger partial charge in [0, 0.05) is 38.2 Å². The van der Waals surface area contributed by atoms with Crippen molar-refractivity contribution in [1.82, 2.24) is 19.6 Å². The van der Waals surface area contributed by atoms with Gasteiger partial charge in [0.2, 0.25) is 5.89 Å². The number of nitrogens with zero attached hydrogens (tertiary/aromatic N) is 5. The van der Waals surface area contributed by atoms with Crippen molar-refractivity contribution >= 4 is 5.91 Å². The number of aromatic nitrogens is 3. The highest BCUT2D eigenvalue weighted by atomic mass is 16.5. The topological polar surface area (TPSA) is 88.0 Å². The van der Waals surface area contributed by atoms with Crippen molar-refractivity contribution in [2.24, 2.45) is 7.05 Å². The van der Waals surface area contributed by atoms with Crippen LogP contribution in [0.15, 0.2) is 16.8 Å². The number of hydrogen-bond acceptors (Lipinski definition) is 5. The molecule has 2 aromatic heterocycles. The summed E-state index contributed by atoms with van der Waals surface area (Å²) in [6.45, 7) is 1.31. The normalized spacial score (nSPS) is 20.8. The third-order valence-corrected chi connectivity index (χ3v) is 4.81. The lowest BCUT2D eigenvalue weighted by Gasteiger charge is -2.31. The SMILES string of the molecule is Cn1cc(C#N)cc1C(=O)N1CCCC(c2noc(C3CC3)n2)C1. The number of carbonyl (C=O) groups is 1. The van der Waals surface area contributed by atoms with Crippen molar-refractivity contribution in [2.45, 2.75) is 37.5 Å². The zero-order chi connectivity index (χ0) is 16.7. The van der Waals surface area contributed by atoms with Crippen molar-refractivity contribution < 1.29 is 9.32 Å². The summed E-state index contributed by atoms with van der Waals surface area (Å²) in [5.41, 5.74) is 1.04. The van der Waals surface area contributed by atoms with E-state index in [4.69, 9.17) is 9.78 Å². The van der Waals surface area contributed by atoms with Crippen LogP contribution in [0.3, 0.4) is 0 Å². The molecule has 2 fully saturated rings. The molecule has 7 nitrogen and oxygen atoms in total. The predicted molar refractivity (Wildman–Crippen MR) is 84.3 cm³/mol. The molecule has 1 aliphatic heterocycles. The average molecular weight is 325 g/mol. The second-order valence-electron chi connectivity index (χ2n) is 6.69. The van der Waals surface area contributed by atoms with Gasteiger partial charge in [-0.1, -0.05) is 5.16 Å². The summed E-state index contributed by atoms with van der Waals surface area (Å²) in [5, 5.41) is 13.1. The van der Waals surface area contributed by atoms with Gasteiger partial charge in [-0.05, 0) is 31.7 Å². The van der Waals surface area contributed by atoms with E-state index in [0.29, 0.717) is 23.7 Å². The van der Waals surface area contributed by atoms with Crippen LogP contribution in [0.2, 0.25) is 0 Å². The van der Waals surface area contributed by atoms with E-state index >= 15 is 0 Å². The zero-order valence-corrected chi connectivity index (χ0v) is 13.6. The largest absolute Gasteiger partial charge is 0.345 e. The van der Waals surface area contributed by atoms with Crippen LogP contribution in [-0.4, -0.2) is 38.6 Å². The minimum atomic E-state index is -0.0467. The van der Waals surface area contributed by atoms with Crippen LogP contribution >= 0.6 is 0 Å². The Morgan fingerprint density at radius 1 is 1.38 bits per heavy atom. The third kappa shape index (κ3) is 2.68. The number of likely N-dealkylation sites (tertiary alicyclic amines) is 1. The first kappa shape index (κ1) is 14.9. The molecule has 3 heterocycles. The molecule has 1 amide bonds. The van der Waals surface area contributed by atoms with Crippen LogP contribution in [0.1, 0.15) is 65.3 Å². The number of nitriles is 1. The highest BCUT2D eigenvalue weighted by molar-refractivity contribution is 5.93. The molecular formula is C17H19N5O2. The van der Waals surface area contributed by atoms with Crippen molar-refractivity contribution in [2.75, 3.05) is 13.1 Å². The summed E-state index contributed by atoms with van der Waals surface area (Å²) < 4.78 is 7.07. The molecule has 4 rings (SSSR count). The molecule has 1 unspecified atom stereocenters. The quantitative estimate of drug-likeness (QED) is 0.863. The van der Waals surface area contributed by atoms with E-state index in [9.17, 15) is 4.79 Å². The van der Waals surface area contributed by atoms with Gasteiger partial charge in [-0.15, -0.1) is 0 Å². The van der Waals surface area contributed by atoms with Gasteiger partial charge in [0.15, 0.2) is 5.82 Å². The maximum Gasteiger partial charge on any atom is 0.270 e. The van der Waals surface area contributed by atoms with E-state index < -0.39 is 0 Å². The monoisotopic (exact) mass is 325 g/mol. The van der Waals surface area contributed by atoms with Crippen LogP contribution in [0.5, 0.6) is 0 Å². The molecule has 0 aromatic carbocycles. The summed E-state index contributed by atoms with van der Waals surface area (Å²) in [7, 11) is 1.79. The second-order valence-corrected chi connectivity index (χ2v) is 6.69. The van der Waals surface area contributed by atoms with Crippen LogP contribution in [0.4, 0.5) is 0 Å². The summed E-state index contributed by atoms with van der Waals surface area (Å²) in [6.07, 6.45) is 5.82. The third-order valence-electron chi connectivity index (χ3n) is 4.81. The fourth-order valence-electron chi connectivity index (χ4n) is 3.28. The van der Waals surface area contributed by atoms with Crippen molar-refractivity contribution in [3.63, 3.8) is 0 Å². The van der Waals surface area contributed by atoms with Gasteiger partial charge in [-0.3, -0.25) is 4.79 Å². The summed E-state index contributed by atoms with van der Waals surface area (Å²) in [5.74, 6) is 1.98. The average Bonchev–Trinajstić information content (AvgIpc) is 3.21. The Morgan fingerprint density at radius 2 is 2.21 bits per heavy atom. The van der Waals surface area contributed by atoms with Crippen LogP contribution < -0.4 is 0 Å². The van der Waals surface area contributed by atoms with Crippen LogP contribution in [0, 0.1) is 11.3 Å². The Kier molecular flexibility index (Phi) is 3.60. The molecule has 2 aromatic rings. The minimum Gasteiger partial charge on any atom is -0.345 e. The second kappa shape index (κ2) is 5.78. The molecule has 2 aliphatic rings. The molecule has 24 heavy (non-hydrogen) atoms. The van der Waals surface area contributed by atoms with E-state index in [2.05, 4.69) is 16.2 Å². The zero-order valence-electron chi connectivity index (χ0n) is 13.6. The number of amides is 1. The lowest BCUT2D eigenvalue weighted by atomic mass is 9.97. The van der Waals surface area contributed by atoms with Crippen LogP contribution in [-0.2, 0) is 7.05 Å². The van der Waals surface area contributed by atoms with Crippen LogP contribution in [0.25, 0.3) is 0 Å². The van der Waals surface area contributed by atoms with Gasteiger partial charge < -0.3 is 14.0 Å². The standard InChI is InChI=1S/C17H19N5O2/c1-21-9-11(8-18)7-14(21)17(23)22-6-2-3-13(10-22)15-19-16(24-20-15)12-4-5-12/h7,9,12-13H,2-6,10H2,1H3. The molecule has 7 heteroatoms. The number of aryl methyl sites for hydroxylation is 1. The summed E-state index contributed by atoms with van der Waals surface area (Å²) in [6, 6.07) is 3.72. The summed E-state index contributed by atoms with van der Waals surface area (Å²) in [4.78, 5) is 19.1. The van der Waals surface area contributed by atoms with Gasteiger partial charge in [0.25, 0.3) is 5.91 Å². The van der Waals surface area contributed by atoms with E-state index in [0.717, 1.165) is 43.9 Å². The van der Waals surface area contributed by atoms with E-state index in [1.54, 1.807) is 23.9 Å². The Bertz CT molecular complexity index is 811. The summed E-state index contributed by atoms with van der Waals surface area (Å²) >= 11 is 0. The molecule has 0 radical (unpaired) electrons. The van der Waals surface area contributed by atoms with E-state index in [1.807, 2.05) is 4.90 Å². The van der Waals surface area contributed by atoms with Crippen molar-refractivity contribution in [3.05, 3.63) is 35.2 Å². The Morgan fingerprint density at radius 3 is 2.92 bits per heavy atom. The lowest BCUT2D eigenvalue weighted by molar-refractivity contribution is 0.0694. The molecule has 0 bridgehead atoms.